The predicted molar refractivity (Wildman–Crippen MR) is 81.8 cm³/mol. The number of rotatable bonds is 1. The highest BCUT2D eigenvalue weighted by Gasteiger charge is 2.37. The first kappa shape index (κ1) is 13.7. The molecule has 2 heteroatoms. The van der Waals surface area contributed by atoms with E-state index in [9.17, 15) is 4.79 Å². The van der Waals surface area contributed by atoms with Gasteiger partial charge in [-0.3, -0.25) is 4.79 Å². The van der Waals surface area contributed by atoms with Crippen molar-refractivity contribution in [1.82, 2.24) is 4.90 Å². The Kier molecular flexibility index (Phi) is 3.82. The van der Waals surface area contributed by atoms with Gasteiger partial charge < -0.3 is 4.90 Å². The van der Waals surface area contributed by atoms with Crippen LogP contribution in [0.15, 0.2) is 24.3 Å². The van der Waals surface area contributed by atoms with Crippen LogP contribution in [-0.4, -0.2) is 23.9 Å². The smallest absolute Gasteiger partial charge is 0.253 e. The van der Waals surface area contributed by atoms with E-state index in [0.717, 1.165) is 18.7 Å². The molecule has 1 saturated carbocycles. The zero-order chi connectivity index (χ0) is 14.0. The van der Waals surface area contributed by atoms with Gasteiger partial charge in [0.2, 0.25) is 0 Å². The van der Waals surface area contributed by atoms with E-state index in [1.807, 2.05) is 24.3 Å². The number of likely N-dealkylation sites (tertiary alicyclic amines) is 1. The molecule has 1 aliphatic heterocycles. The average Bonchev–Trinajstić information content (AvgIpc) is 2.48. The molecule has 0 radical (unpaired) electrons. The van der Waals surface area contributed by atoms with Gasteiger partial charge in [0.15, 0.2) is 0 Å². The monoisotopic (exact) mass is 271 g/mol. The van der Waals surface area contributed by atoms with Gasteiger partial charge in [-0.05, 0) is 50.2 Å². The van der Waals surface area contributed by atoms with Crippen LogP contribution >= 0.6 is 0 Å². The number of amides is 1. The van der Waals surface area contributed by atoms with Gasteiger partial charge in [-0.25, -0.2) is 0 Å². The van der Waals surface area contributed by atoms with Crippen molar-refractivity contribution in [2.45, 2.75) is 51.9 Å². The summed E-state index contributed by atoms with van der Waals surface area (Å²) < 4.78 is 0. The van der Waals surface area contributed by atoms with Crippen LogP contribution in [0.1, 0.15) is 60.9 Å². The van der Waals surface area contributed by atoms with Crippen molar-refractivity contribution in [1.29, 1.82) is 0 Å². The van der Waals surface area contributed by atoms with E-state index in [4.69, 9.17) is 0 Å². The number of hydrogen-bond donors (Lipinski definition) is 0. The first-order valence-corrected chi connectivity index (χ1v) is 8.05. The summed E-state index contributed by atoms with van der Waals surface area (Å²) in [7, 11) is 0. The fraction of sp³-hybridized carbons (Fsp3) is 0.611. The van der Waals surface area contributed by atoms with Crippen molar-refractivity contribution >= 4 is 5.91 Å². The Morgan fingerprint density at radius 3 is 2.35 bits per heavy atom. The zero-order valence-electron chi connectivity index (χ0n) is 12.5. The SMILES string of the molecule is Cc1ccc(C(=O)N2CCCC3(CCCCC3)C2)cc1. The van der Waals surface area contributed by atoms with Crippen LogP contribution in [0.25, 0.3) is 0 Å². The molecule has 108 valence electrons. The lowest BCUT2D eigenvalue weighted by molar-refractivity contribution is 0.0384. The van der Waals surface area contributed by atoms with Crippen LogP contribution in [0.2, 0.25) is 0 Å². The van der Waals surface area contributed by atoms with Gasteiger partial charge in [-0.15, -0.1) is 0 Å². The molecule has 1 aliphatic carbocycles. The molecule has 1 saturated heterocycles. The number of benzene rings is 1. The number of hydrogen-bond acceptors (Lipinski definition) is 1. The molecule has 1 amide bonds. The first-order valence-electron chi connectivity index (χ1n) is 8.05. The third kappa shape index (κ3) is 2.74. The van der Waals surface area contributed by atoms with Crippen molar-refractivity contribution in [2.24, 2.45) is 5.41 Å². The molecule has 0 unspecified atom stereocenters. The standard InChI is InChI=1S/C18H25NO/c1-15-6-8-16(9-7-15)17(20)19-13-5-12-18(14-19)10-3-2-4-11-18/h6-9H,2-5,10-14H2,1H3. The first-order chi connectivity index (χ1) is 9.69. The second kappa shape index (κ2) is 5.59. The van der Waals surface area contributed by atoms with Crippen LogP contribution in [0.4, 0.5) is 0 Å². The maximum atomic E-state index is 12.7. The van der Waals surface area contributed by atoms with Crippen molar-refractivity contribution in [3.63, 3.8) is 0 Å². The number of nitrogens with zero attached hydrogens (tertiary/aromatic N) is 1. The van der Waals surface area contributed by atoms with Gasteiger partial charge in [0.05, 0.1) is 0 Å². The van der Waals surface area contributed by atoms with E-state index >= 15 is 0 Å². The summed E-state index contributed by atoms with van der Waals surface area (Å²) in [4.78, 5) is 14.8. The Bertz CT molecular complexity index is 465. The van der Waals surface area contributed by atoms with Crippen molar-refractivity contribution in [2.75, 3.05) is 13.1 Å². The summed E-state index contributed by atoms with van der Waals surface area (Å²) in [5.74, 6) is 0.231. The molecule has 0 bridgehead atoms. The molecule has 2 aliphatic rings. The fourth-order valence-electron chi connectivity index (χ4n) is 3.97. The van der Waals surface area contributed by atoms with Crippen molar-refractivity contribution in [3.05, 3.63) is 35.4 Å². The van der Waals surface area contributed by atoms with Crippen LogP contribution in [0.3, 0.4) is 0 Å². The molecular formula is C18H25NO. The molecule has 1 heterocycles. The van der Waals surface area contributed by atoms with E-state index in [1.165, 1.54) is 50.5 Å². The molecule has 3 rings (SSSR count). The highest BCUT2D eigenvalue weighted by atomic mass is 16.2. The molecule has 0 N–H and O–H groups in total. The molecule has 2 fully saturated rings. The molecule has 2 nitrogen and oxygen atoms in total. The Morgan fingerprint density at radius 1 is 1.00 bits per heavy atom. The normalized spacial score (nSPS) is 21.9. The minimum absolute atomic E-state index is 0.231. The van der Waals surface area contributed by atoms with E-state index in [0.29, 0.717) is 5.41 Å². The van der Waals surface area contributed by atoms with E-state index < -0.39 is 0 Å². The maximum absolute atomic E-state index is 12.7. The lowest BCUT2D eigenvalue weighted by Gasteiger charge is -2.45. The Hall–Kier alpha value is -1.31. The Labute approximate surface area is 122 Å². The largest absolute Gasteiger partial charge is 0.338 e. The second-order valence-corrected chi connectivity index (χ2v) is 6.76. The van der Waals surface area contributed by atoms with Gasteiger partial charge in [-0.2, -0.15) is 0 Å². The summed E-state index contributed by atoms with van der Waals surface area (Å²) in [5, 5.41) is 0. The molecule has 0 aromatic heterocycles. The van der Waals surface area contributed by atoms with E-state index in [-0.39, 0.29) is 5.91 Å². The highest BCUT2D eigenvalue weighted by molar-refractivity contribution is 5.94. The van der Waals surface area contributed by atoms with Gasteiger partial charge in [0.25, 0.3) is 5.91 Å². The summed E-state index contributed by atoms with van der Waals surface area (Å²) in [6, 6.07) is 8.01. The van der Waals surface area contributed by atoms with E-state index in [1.54, 1.807) is 0 Å². The van der Waals surface area contributed by atoms with Crippen LogP contribution in [-0.2, 0) is 0 Å². The van der Waals surface area contributed by atoms with Gasteiger partial charge >= 0.3 is 0 Å². The second-order valence-electron chi connectivity index (χ2n) is 6.76. The number of carbonyl (C=O) groups excluding carboxylic acids is 1. The average molecular weight is 271 g/mol. The van der Waals surface area contributed by atoms with E-state index in [2.05, 4.69) is 11.8 Å². The van der Waals surface area contributed by atoms with Crippen LogP contribution < -0.4 is 0 Å². The summed E-state index contributed by atoms with van der Waals surface area (Å²) >= 11 is 0. The summed E-state index contributed by atoms with van der Waals surface area (Å²) in [6.45, 7) is 3.99. The van der Waals surface area contributed by atoms with Gasteiger partial charge in [-0.1, -0.05) is 37.0 Å². The number of aryl methyl sites for hydroxylation is 1. The van der Waals surface area contributed by atoms with Crippen LogP contribution in [0.5, 0.6) is 0 Å². The minimum atomic E-state index is 0.231. The molecule has 1 aromatic carbocycles. The highest BCUT2D eigenvalue weighted by Crippen LogP contribution is 2.43. The third-order valence-electron chi connectivity index (χ3n) is 5.16. The molecule has 1 aromatic rings. The number of carbonyl (C=O) groups is 1. The third-order valence-corrected chi connectivity index (χ3v) is 5.16. The Morgan fingerprint density at radius 2 is 1.65 bits per heavy atom. The molecular weight excluding hydrogens is 246 g/mol. The lowest BCUT2D eigenvalue weighted by Crippen LogP contribution is -2.46. The fourth-order valence-corrected chi connectivity index (χ4v) is 3.97. The van der Waals surface area contributed by atoms with Crippen molar-refractivity contribution in [3.8, 4) is 0 Å². The minimum Gasteiger partial charge on any atom is -0.338 e. The topological polar surface area (TPSA) is 20.3 Å². The van der Waals surface area contributed by atoms with Crippen LogP contribution in [0, 0.1) is 12.3 Å². The van der Waals surface area contributed by atoms with Crippen molar-refractivity contribution < 1.29 is 4.79 Å². The predicted octanol–water partition coefficient (Wildman–Crippen LogP) is 4.18. The Balaban J connectivity index is 1.73. The quantitative estimate of drug-likeness (QED) is 0.750. The summed E-state index contributed by atoms with van der Waals surface area (Å²) in [6.07, 6.45) is 9.24. The zero-order valence-corrected chi connectivity index (χ0v) is 12.5. The molecule has 20 heavy (non-hydrogen) atoms. The number of piperidine rings is 1. The maximum Gasteiger partial charge on any atom is 0.253 e. The van der Waals surface area contributed by atoms with Gasteiger partial charge in [0.1, 0.15) is 0 Å². The lowest BCUT2D eigenvalue weighted by atomic mass is 9.69. The molecule has 1 spiro atoms. The van der Waals surface area contributed by atoms with Gasteiger partial charge in [0, 0.05) is 18.7 Å². The summed E-state index contributed by atoms with van der Waals surface area (Å²) in [5.41, 5.74) is 2.50. The molecule has 0 atom stereocenters.